The fraction of sp³-hybridized carbons (Fsp3) is 0.267. The number of hydrogen-bond donors (Lipinski definition) is 1. The number of nitrogens with two attached hydrogens (primary N) is 1. The van der Waals surface area contributed by atoms with Gasteiger partial charge in [-0.05, 0) is 42.8 Å². The van der Waals surface area contributed by atoms with Crippen molar-refractivity contribution in [2.45, 2.75) is 20.0 Å². The van der Waals surface area contributed by atoms with E-state index >= 15 is 0 Å². The molecule has 2 aromatic rings. The average molecular weight is 258 g/mol. The van der Waals surface area contributed by atoms with E-state index in [0.717, 1.165) is 17.0 Å². The van der Waals surface area contributed by atoms with Crippen LogP contribution >= 0.6 is 0 Å². The van der Waals surface area contributed by atoms with Gasteiger partial charge in [0.05, 0.1) is 12.8 Å². The molecule has 1 aromatic carbocycles. The highest BCUT2D eigenvalue weighted by Gasteiger charge is 2.08. The summed E-state index contributed by atoms with van der Waals surface area (Å²) in [6.07, 6.45) is 0. The number of pyridine rings is 1. The van der Waals surface area contributed by atoms with E-state index in [1.54, 1.807) is 17.7 Å². The van der Waals surface area contributed by atoms with E-state index in [4.69, 9.17) is 10.5 Å². The van der Waals surface area contributed by atoms with E-state index in [1.807, 2.05) is 37.3 Å². The third-order valence-electron chi connectivity index (χ3n) is 3.17. The van der Waals surface area contributed by atoms with Gasteiger partial charge in [0.1, 0.15) is 5.75 Å². The Morgan fingerprint density at radius 2 is 1.84 bits per heavy atom. The number of methoxy groups -OCH3 is 1. The van der Waals surface area contributed by atoms with Crippen LogP contribution in [0.1, 0.15) is 12.5 Å². The lowest BCUT2D eigenvalue weighted by molar-refractivity contribution is 0.415. The molecule has 4 heteroatoms. The SMILES string of the molecule is CCn1c(-c2ccc(OC)cc2)ccc(CN)c1=O. The molecule has 0 saturated heterocycles. The summed E-state index contributed by atoms with van der Waals surface area (Å²) in [5.41, 5.74) is 8.08. The standard InChI is InChI=1S/C15H18N2O2/c1-3-17-14(9-6-12(10-16)15(17)18)11-4-7-13(19-2)8-5-11/h4-9H,3,10,16H2,1-2H3. The zero-order chi connectivity index (χ0) is 13.8. The molecular formula is C15H18N2O2. The van der Waals surface area contributed by atoms with Gasteiger partial charge < -0.3 is 15.0 Å². The molecule has 0 bridgehead atoms. The lowest BCUT2D eigenvalue weighted by atomic mass is 10.1. The predicted molar refractivity (Wildman–Crippen MR) is 76.3 cm³/mol. The number of aromatic nitrogens is 1. The Morgan fingerprint density at radius 1 is 1.16 bits per heavy atom. The van der Waals surface area contributed by atoms with E-state index < -0.39 is 0 Å². The fourth-order valence-corrected chi connectivity index (χ4v) is 2.11. The van der Waals surface area contributed by atoms with Gasteiger partial charge in [-0.3, -0.25) is 4.79 Å². The van der Waals surface area contributed by atoms with Crippen LogP contribution in [0, 0.1) is 0 Å². The van der Waals surface area contributed by atoms with Crippen LogP contribution in [0.2, 0.25) is 0 Å². The highest BCUT2D eigenvalue weighted by atomic mass is 16.5. The molecular weight excluding hydrogens is 240 g/mol. The number of hydrogen-bond acceptors (Lipinski definition) is 3. The molecule has 0 radical (unpaired) electrons. The lowest BCUT2D eigenvalue weighted by Gasteiger charge is -2.13. The van der Waals surface area contributed by atoms with Gasteiger partial charge in [-0.1, -0.05) is 6.07 Å². The Hall–Kier alpha value is -2.07. The first-order chi connectivity index (χ1) is 9.21. The van der Waals surface area contributed by atoms with Crippen LogP contribution in [0.3, 0.4) is 0 Å². The van der Waals surface area contributed by atoms with Gasteiger partial charge in [0.15, 0.2) is 0 Å². The molecule has 4 nitrogen and oxygen atoms in total. The molecule has 0 amide bonds. The molecule has 0 saturated carbocycles. The first-order valence-electron chi connectivity index (χ1n) is 6.28. The Bertz CT molecular complexity index is 615. The molecule has 2 rings (SSSR count). The van der Waals surface area contributed by atoms with Crippen molar-refractivity contribution in [2.75, 3.05) is 7.11 Å². The maximum Gasteiger partial charge on any atom is 0.255 e. The molecule has 100 valence electrons. The monoisotopic (exact) mass is 258 g/mol. The lowest BCUT2D eigenvalue weighted by Crippen LogP contribution is -2.25. The zero-order valence-corrected chi connectivity index (χ0v) is 11.2. The summed E-state index contributed by atoms with van der Waals surface area (Å²) in [7, 11) is 1.63. The maximum atomic E-state index is 12.2. The van der Waals surface area contributed by atoms with Gasteiger partial charge in [-0.2, -0.15) is 0 Å². The Balaban J connectivity index is 2.55. The van der Waals surface area contributed by atoms with E-state index in [-0.39, 0.29) is 12.1 Å². The van der Waals surface area contributed by atoms with Gasteiger partial charge in [0.25, 0.3) is 5.56 Å². The van der Waals surface area contributed by atoms with Gasteiger partial charge in [0, 0.05) is 18.7 Å². The van der Waals surface area contributed by atoms with Gasteiger partial charge in [-0.25, -0.2) is 0 Å². The number of nitrogens with zero attached hydrogens (tertiary/aromatic N) is 1. The third-order valence-corrected chi connectivity index (χ3v) is 3.17. The van der Waals surface area contributed by atoms with Gasteiger partial charge in [0.2, 0.25) is 0 Å². The molecule has 1 heterocycles. The summed E-state index contributed by atoms with van der Waals surface area (Å²) < 4.78 is 6.88. The molecule has 1 aromatic heterocycles. The maximum absolute atomic E-state index is 12.2. The molecule has 0 aliphatic carbocycles. The van der Waals surface area contributed by atoms with Crippen molar-refractivity contribution >= 4 is 0 Å². The second-order valence-corrected chi connectivity index (χ2v) is 4.23. The van der Waals surface area contributed by atoms with Crippen LogP contribution in [0.5, 0.6) is 5.75 Å². The second-order valence-electron chi connectivity index (χ2n) is 4.23. The van der Waals surface area contributed by atoms with Crippen molar-refractivity contribution in [2.24, 2.45) is 5.73 Å². The number of ether oxygens (including phenoxy) is 1. The van der Waals surface area contributed by atoms with Crippen LogP contribution in [0.4, 0.5) is 0 Å². The van der Waals surface area contributed by atoms with Gasteiger partial charge >= 0.3 is 0 Å². The minimum atomic E-state index is -0.0154. The van der Waals surface area contributed by atoms with E-state index in [2.05, 4.69) is 0 Å². The molecule has 0 spiro atoms. The minimum absolute atomic E-state index is 0.0154. The number of rotatable bonds is 4. The second kappa shape index (κ2) is 5.71. The quantitative estimate of drug-likeness (QED) is 0.912. The largest absolute Gasteiger partial charge is 0.497 e. The van der Waals surface area contributed by atoms with Crippen molar-refractivity contribution in [3.8, 4) is 17.0 Å². The van der Waals surface area contributed by atoms with E-state index in [9.17, 15) is 4.79 Å². The topological polar surface area (TPSA) is 57.2 Å². The molecule has 0 fully saturated rings. The first kappa shape index (κ1) is 13.4. The molecule has 0 atom stereocenters. The predicted octanol–water partition coefficient (Wildman–Crippen LogP) is 2.00. The Labute approximate surface area is 112 Å². The summed E-state index contributed by atoms with van der Waals surface area (Å²) in [6, 6.07) is 11.4. The van der Waals surface area contributed by atoms with Crippen LogP contribution in [0.15, 0.2) is 41.2 Å². The first-order valence-corrected chi connectivity index (χ1v) is 6.28. The highest BCUT2D eigenvalue weighted by Crippen LogP contribution is 2.21. The molecule has 0 aliphatic rings. The molecule has 2 N–H and O–H groups in total. The van der Waals surface area contributed by atoms with Crippen LogP contribution in [0.25, 0.3) is 11.3 Å². The molecule has 0 unspecified atom stereocenters. The summed E-state index contributed by atoms with van der Waals surface area (Å²) in [5, 5.41) is 0. The van der Waals surface area contributed by atoms with E-state index in [0.29, 0.717) is 12.1 Å². The number of benzene rings is 1. The van der Waals surface area contributed by atoms with Crippen molar-refractivity contribution in [1.82, 2.24) is 4.57 Å². The summed E-state index contributed by atoms with van der Waals surface area (Å²) in [6.45, 7) is 2.84. The van der Waals surface area contributed by atoms with Crippen molar-refractivity contribution < 1.29 is 4.74 Å². The zero-order valence-electron chi connectivity index (χ0n) is 11.2. The minimum Gasteiger partial charge on any atom is -0.497 e. The van der Waals surface area contributed by atoms with E-state index in [1.165, 1.54) is 0 Å². The average Bonchev–Trinajstić information content (AvgIpc) is 2.47. The van der Waals surface area contributed by atoms with Gasteiger partial charge in [-0.15, -0.1) is 0 Å². The summed E-state index contributed by atoms with van der Waals surface area (Å²) in [5.74, 6) is 0.799. The molecule has 19 heavy (non-hydrogen) atoms. The normalized spacial score (nSPS) is 10.5. The third kappa shape index (κ3) is 2.53. The Morgan fingerprint density at radius 3 is 2.37 bits per heavy atom. The highest BCUT2D eigenvalue weighted by molar-refractivity contribution is 5.61. The van der Waals surface area contributed by atoms with Crippen LogP contribution in [-0.4, -0.2) is 11.7 Å². The van der Waals surface area contributed by atoms with Crippen molar-refractivity contribution in [3.63, 3.8) is 0 Å². The van der Waals surface area contributed by atoms with Crippen molar-refractivity contribution in [3.05, 3.63) is 52.3 Å². The van der Waals surface area contributed by atoms with Crippen molar-refractivity contribution in [1.29, 1.82) is 0 Å². The summed E-state index contributed by atoms with van der Waals surface area (Å²) in [4.78, 5) is 12.2. The van der Waals surface area contributed by atoms with Crippen LogP contribution < -0.4 is 16.0 Å². The molecule has 0 aliphatic heterocycles. The van der Waals surface area contributed by atoms with Crippen LogP contribution in [-0.2, 0) is 13.1 Å². The Kier molecular flexibility index (Phi) is 4.02. The fourth-order valence-electron chi connectivity index (χ4n) is 2.11. The smallest absolute Gasteiger partial charge is 0.255 e. The summed E-state index contributed by atoms with van der Waals surface area (Å²) >= 11 is 0.